The Hall–Kier alpha value is -3.32. The summed E-state index contributed by atoms with van der Waals surface area (Å²) in [7, 11) is 0. The van der Waals surface area contributed by atoms with Crippen LogP contribution < -0.4 is 10.2 Å². The summed E-state index contributed by atoms with van der Waals surface area (Å²) in [6.07, 6.45) is 5.80. The van der Waals surface area contributed by atoms with Crippen LogP contribution in [-0.4, -0.2) is 12.9 Å². The monoisotopic (exact) mass is 318 g/mol. The molecule has 0 fully saturated rings. The van der Waals surface area contributed by atoms with Crippen LogP contribution in [-0.2, 0) is 0 Å². The van der Waals surface area contributed by atoms with Gasteiger partial charge in [0.05, 0.1) is 10.9 Å². The molecule has 0 spiro atoms. The van der Waals surface area contributed by atoms with E-state index in [2.05, 4.69) is 5.92 Å². The van der Waals surface area contributed by atoms with E-state index in [-0.39, 0.29) is 23.2 Å². The zero-order valence-corrected chi connectivity index (χ0v) is 13.0. The lowest BCUT2D eigenvalue weighted by Crippen LogP contribution is -2.09. The Bertz CT molecular complexity index is 1010. The molecule has 3 rings (SSSR count). The Morgan fingerprint density at radius 2 is 1.96 bits per heavy atom. The van der Waals surface area contributed by atoms with Gasteiger partial charge in [-0.15, -0.1) is 6.42 Å². The fourth-order valence-electron chi connectivity index (χ4n) is 2.58. The molecule has 0 radical (unpaired) electrons. The molecule has 1 aromatic heterocycles. The van der Waals surface area contributed by atoms with Gasteiger partial charge in [0.2, 0.25) is 0 Å². The van der Waals surface area contributed by atoms with Crippen molar-refractivity contribution in [3.05, 3.63) is 63.8 Å². The van der Waals surface area contributed by atoms with Crippen LogP contribution in [0.15, 0.2) is 51.7 Å². The summed E-state index contributed by atoms with van der Waals surface area (Å²) in [5.74, 6) is 3.07. The highest BCUT2D eigenvalue weighted by atomic mass is 16.5. The number of carbonyl (C=O) groups is 1. The SMILES string of the molecule is C#CCOc1ccc2c(=O)c(C)c(-c3ccccc3)oc2c1C=O. The standard InChI is InChI=1S/C20H14O4/c1-3-11-23-17-10-9-15-18(22)13(2)19(14-7-5-4-6-8-14)24-20(15)16(17)12-21/h1,4-10,12H,11H2,2H3. The predicted molar refractivity (Wildman–Crippen MR) is 92.4 cm³/mol. The largest absolute Gasteiger partial charge is 0.480 e. The van der Waals surface area contributed by atoms with Crippen LogP contribution in [0.5, 0.6) is 5.75 Å². The van der Waals surface area contributed by atoms with Crippen molar-refractivity contribution in [1.29, 1.82) is 0 Å². The Labute approximate surface area is 138 Å². The van der Waals surface area contributed by atoms with E-state index in [4.69, 9.17) is 15.6 Å². The molecule has 0 aliphatic carbocycles. The number of ether oxygens (including phenoxy) is 1. The number of hydrogen-bond acceptors (Lipinski definition) is 4. The molecular weight excluding hydrogens is 304 g/mol. The lowest BCUT2D eigenvalue weighted by Gasteiger charge is -2.11. The molecule has 2 aromatic carbocycles. The first-order valence-corrected chi connectivity index (χ1v) is 7.34. The van der Waals surface area contributed by atoms with Crippen LogP contribution in [0.25, 0.3) is 22.3 Å². The van der Waals surface area contributed by atoms with Crippen LogP contribution >= 0.6 is 0 Å². The van der Waals surface area contributed by atoms with E-state index in [1.54, 1.807) is 19.1 Å². The molecule has 0 bridgehead atoms. The Balaban J connectivity index is 2.34. The van der Waals surface area contributed by atoms with Crippen molar-refractivity contribution in [2.24, 2.45) is 0 Å². The molecule has 0 aliphatic rings. The van der Waals surface area contributed by atoms with Gasteiger partial charge in [0.15, 0.2) is 17.3 Å². The van der Waals surface area contributed by atoms with Crippen LogP contribution in [0, 0.1) is 19.3 Å². The van der Waals surface area contributed by atoms with Gasteiger partial charge in [0.1, 0.15) is 18.1 Å². The van der Waals surface area contributed by atoms with Crippen molar-refractivity contribution in [2.45, 2.75) is 6.92 Å². The third-order valence-electron chi connectivity index (χ3n) is 3.75. The van der Waals surface area contributed by atoms with Gasteiger partial charge in [0, 0.05) is 11.1 Å². The molecule has 24 heavy (non-hydrogen) atoms. The summed E-state index contributed by atoms with van der Waals surface area (Å²) in [5, 5.41) is 0.335. The minimum atomic E-state index is -0.179. The average Bonchev–Trinajstić information content (AvgIpc) is 2.63. The van der Waals surface area contributed by atoms with E-state index in [9.17, 15) is 9.59 Å². The van der Waals surface area contributed by atoms with Gasteiger partial charge < -0.3 is 9.15 Å². The number of benzene rings is 2. The fraction of sp³-hybridized carbons (Fsp3) is 0.100. The Morgan fingerprint density at radius 1 is 1.21 bits per heavy atom. The Morgan fingerprint density at radius 3 is 2.62 bits per heavy atom. The molecule has 0 N–H and O–H groups in total. The van der Waals surface area contributed by atoms with E-state index in [1.165, 1.54) is 0 Å². The predicted octanol–water partition coefficient (Wildman–Crippen LogP) is 3.59. The van der Waals surface area contributed by atoms with Gasteiger partial charge in [0.25, 0.3) is 0 Å². The number of terminal acetylenes is 1. The molecule has 0 saturated heterocycles. The van der Waals surface area contributed by atoms with Crippen LogP contribution in [0.3, 0.4) is 0 Å². The lowest BCUT2D eigenvalue weighted by molar-refractivity contribution is 0.112. The summed E-state index contributed by atoms with van der Waals surface area (Å²) in [6, 6.07) is 12.4. The molecule has 0 atom stereocenters. The second-order valence-electron chi connectivity index (χ2n) is 5.22. The Kier molecular flexibility index (Phi) is 4.17. The van der Waals surface area contributed by atoms with Gasteiger partial charge in [-0.3, -0.25) is 9.59 Å². The minimum Gasteiger partial charge on any atom is -0.480 e. The third kappa shape index (κ3) is 2.57. The normalized spacial score (nSPS) is 10.3. The van der Waals surface area contributed by atoms with Crippen molar-refractivity contribution in [2.75, 3.05) is 6.61 Å². The summed E-state index contributed by atoms with van der Waals surface area (Å²) >= 11 is 0. The molecule has 0 aliphatic heterocycles. The first-order valence-electron chi connectivity index (χ1n) is 7.34. The van der Waals surface area contributed by atoms with E-state index in [0.717, 1.165) is 5.56 Å². The molecule has 0 saturated carbocycles. The molecule has 118 valence electrons. The fourth-order valence-corrected chi connectivity index (χ4v) is 2.58. The molecule has 4 heteroatoms. The molecule has 3 aromatic rings. The maximum Gasteiger partial charge on any atom is 0.196 e. The van der Waals surface area contributed by atoms with E-state index in [0.29, 0.717) is 28.7 Å². The van der Waals surface area contributed by atoms with Crippen molar-refractivity contribution in [3.63, 3.8) is 0 Å². The quantitative estimate of drug-likeness (QED) is 0.545. The van der Waals surface area contributed by atoms with Crippen molar-refractivity contribution < 1.29 is 13.9 Å². The first kappa shape index (κ1) is 15.6. The van der Waals surface area contributed by atoms with E-state index < -0.39 is 0 Å². The van der Waals surface area contributed by atoms with E-state index >= 15 is 0 Å². The second-order valence-corrected chi connectivity index (χ2v) is 5.22. The van der Waals surface area contributed by atoms with Crippen LogP contribution in [0.2, 0.25) is 0 Å². The summed E-state index contributed by atoms with van der Waals surface area (Å²) in [6.45, 7) is 1.73. The lowest BCUT2D eigenvalue weighted by atomic mass is 10.0. The second kappa shape index (κ2) is 6.43. The molecular formula is C20H14O4. The summed E-state index contributed by atoms with van der Waals surface area (Å²) in [5.41, 5.74) is 1.45. The number of rotatable bonds is 4. The van der Waals surface area contributed by atoms with Gasteiger partial charge in [-0.2, -0.15) is 0 Å². The van der Waals surface area contributed by atoms with Gasteiger partial charge in [-0.25, -0.2) is 0 Å². The summed E-state index contributed by atoms with van der Waals surface area (Å²) in [4.78, 5) is 24.2. The number of carbonyl (C=O) groups excluding carboxylic acids is 1. The third-order valence-corrected chi connectivity index (χ3v) is 3.75. The zero-order chi connectivity index (χ0) is 17.1. The van der Waals surface area contributed by atoms with Crippen molar-refractivity contribution in [1.82, 2.24) is 0 Å². The highest BCUT2D eigenvalue weighted by Gasteiger charge is 2.17. The minimum absolute atomic E-state index is 0.0218. The van der Waals surface area contributed by atoms with Gasteiger partial charge >= 0.3 is 0 Å². The molecule has 1 heterocycles. The maximum absolute atomic E-state index is 12.7. The maximum atomic E-state index is 12.7. The highest BCUT2D eigenvalue weighted by molar-refractivity contribution is 5.98. The smallest absolute Gasteiger partial charge is 0.196 e. The highest BCUT2D eigenvalue weighted by Crippen LogP contribution is 2.30. The van der Waals surface area contributed by atoms with Gasteiger partial charge in [-0.1, -0.05) is 36.3 Å². The number of hydrogen-bond donors (Lipinski definition) is 0. The molecule has 0 unspecified atom stereocenters. The van der Waals surface area contributed by atoms with Crippen molar-refractivity contribution in [3.8, 4) is 29.4 Å². The van der Waals surface area contributed by atoms with Crippen LogP contribution in [0.1, 0.15) is 15.9 Å². The van der Waals surface area contributed by atoms with Gasteiger partial charge in [-0.05, 0) is 19.1 Å². The average molecular weight is 318 g/mol. The first-order chi connectivity index (χ1) is 11.7. The van der Waals surface area contributed by atoms with Crippen LogP contribution in [0.4, 0.5) is 0 Å². The topological polar surface area (TPSA) is 56.5 Å². The molecule has 0 amide bonds. The number of aldehydes is 1. The summed E-state index contributed by atoms with van der Waals surface area (Å²) < 4.78 is 11.3. The zero-order valence-electron chi connectivity index (χ0n) is 13.0. The molecule has 4 nitrogen and oxygen atoms in total. The van der Waals surface area contributed by atoms with Crippen molar-refractivity contribution >= 4 is 17.3 Å². The van der Waals surface area contributed by atoms with E-state index in [1.807, 2.05) is 30.3 Å². The number of fused-ring (bicyclic) bond motifs is 1.